The third-order valence-corrected chi connectivity index (χ3v) is 5.18. The Labute approximate surface area is 167 Å². The van der Waals surface area contributed by atoms with Crippen LogP contribution in [0.3, 0.4) is 0 Å². The number of carbonyl (C=O) groups excluding carboxylic acids is 1. The molecule has 1 aliphatic rings. The molecule has 0 unspecified atom stereocenters. The second-order valence-electron chi connectivity index (χ2n) is 7.34. The molecule has 2 aromatic rings. The van der Waals surface area contributed by atoms with Crippen LogP contribution in [-0.4, -0.2) is 60.7 Å². The van der Waals surface area contributed by atoms with Gasteiger partial charge in [0, 0.05) is 51.0 Å². The highest BCUT2D eigenvalue weighted by molar-refractivity contribution is 5.77. The summed E-state index contributed by atoms with van der Waals surface area (Å²) in [5, 5.41) is 0. The van der Waals surface area contributed by atoms with Gasteiger partial charge >= 0.3 is 0 Å². The Balaban J connectivity index is 1.86. The van der Waals surface area contributed by atoms with E-state index in [0.29, 0.717) is 13.1 Å². The molecule has 0 saturated carbocycles. The molecule has 0 aliphatic carbocycles. The Hall–Kier alpha value is -2.47. The maximum atomic E-state index is 12.1. The van der Waals surface area contributed by atoms with Gasteiger partial charge in [-0.15, -0.1) is 0 Å². The first-order valence-corrected chi connectivity index (χ1v) is 9.95. The molecule has 0 spiro atoms. The SMILES string of the molecule is CCc1nc(C)nc(N2CCN(C(=O)COC)CC2)c1Cc1cccc(C)c1. The number of carbonyl (C=O) groups is 1. The topological polar surface area (TPSA) is 58.6 Å². The van der Waals surface area contributed by atoms with Crippen LogP contribution >= 0.6 is 0 Å². The normalized spacial score (nSPS) is 14.4. The van der Waals surface area contributed by atoms with Crippen molar-refractivity contribution >= 4 is 11.7 Å². The number of aryl methyl sites for hydroxylation is 3. The van der Waals surface area contributed by atoms with Crippen LogP contribution in [0.1, 0.15) is 35.1 Å². The number of methoxy groups -OCH3 is 1. The molecule has 1 aliphatic heterocycles. The molecule has 2 heterocycles. The van der Waals surface area contributed by atoms with Crippen LogP contribution < -0.4 is 4.90 Å². The van der Waals surface area contributed by atoms with Crippen LogP contribution in [0.4, 0.5) is 5.82 Å². The molecule has 1 amide bonds. The molecule has 1 aromatic heterocycles. The summed E-state index contributed by atoms with van der Waals surface area (Å²) >= 11 is 0. The Morgan fingerprint density at radius 1 is 1.14 bits per heavy atom. The first-order chi connectivity index (χ1) is 13.5. The fourth-order valence-electron chi connectivity index (χ4n) is 3.78. The van der Waals surface area contributed by atoms with Gasteiger partial charge in [0.15, 0.2) is 0 Å². The van der Waals surface area contributed by atoms with E-state index in [9.17, 15) is 4.79 Å². The van der Waals surface area contributed by atoms with Crippen molar-refractivity contribution in [2.24, 2.45) is 0 Å². The van der Waals surface area contributed by atoms with Gasteiger partial charge in [-0.25, -0.2) is 9.97 Å². The quantitative estimate of drug-likeness (QED) is 0.768. The molecule has 3 rings (SSSR count). The molecule has 150 valence electrons. The van der Waals surface area contributed by atoms with E-state index in [1.165, 1.54) is 16.7 Å². The molecule has 6 nitrogen and oxygen atoms in total. The maximum absolute atomic E-state index is 12.1. The summed E-state index contributed by atoms with van der Waals surface area (Å²) in [6, 6.07) is 8.61. The maximum Gasteiger partial charge on any atom is 0.248 e. The van der Waals surface area contributed by atoms with Gasteiger partial charge in [0.25, 0.3) is 0 Å². The third kappa shape index (κ3) is 4.68. The van der Waals surface area contributed by atoms with E-state index in [1.807, 2.05) is 11.8 Å². The van der Waals surface area contributed by atoms with E-state index in [2.05, 4.69) is 43.0 Å². The monoisotopic (exact) mass is 382 g/mol. The van der Waals surface area contributed by atoms with Gasteiger partial charge in [0.2, 0.25) is 5.91 Å². The van der Waals surface area contributed by atoms with Crippen LogP contribution in [0, 0.1) is 13.8 Å². The van der Waals surface area contributed by atoms with E-state index < -0.39 is 0 Å². The highest BCUT2D eigenvalue weighted by Crippen LogP contribution is 2.26. The second kappa shape index (κ2) is 9.15. The number of rotatable bonds is 6. The molecule has 0 N–H and O–H groups in total. The zero-order valence-electron chi connectivity index (χ0n) is 17.4. The molecular weight excluding hydrogens is 352 g/mol. The van der Waals surface area contributed by atoms with Gasteiger partial charge in [-0.05, 0) is 25.8 Å². The summed E-state index contributed by atoms with van der Waals surface area (Å²) in [4.78, 5) is 25.8. The lowest BCUT2D eigenvalue weighted by Gasteiger charge is -2.36. The van der Waals surface area contributed by atoms with Crippen LogP contribution in [0.2, 0.25) is 0 Å². The zero-order valence-corrected chi connectivity index (χ0v) is 17.4. The van der Waals surface area contributed by atoms with E-state index in [-0.39, 0.29) is 12.5 Å². The first kappa shape index (κ1) is 20.3. The molecule has 28 heavy (non-hydrogen) atoms. The molecule has 0 radical (unpaired) electrons. The predicted octanol–water partition coefficient (Wildman–Crippen LogP) is 2.54. The Bertz CT molecular complexity index is 829. The number of hydrogen-bond acceptors (Lipinski definition) is 5. The van der Waals surface area contributed by atoms with Crippen LogP contribution in [0.25, 0.3) is 0 Å². The van der Waals surface area contributed by atoms with Crippen molar-refractivity contribution in [3.63, 3.8) is 0 Å². The van der Waals surface area contributed by atoms with Gasteiger partial charge < -0.3 is 14.5 Å². The van der Waals surface area contributed by atoms with E-state index >= 15 is 0 Å². The molecule has 6 heteroatoms. The summed E-state index contributed by atoms with van der Waals surface area (Å²) < 4.78 is 4.98. The first-order valence-electron chi connectivity index (χ1n) is 9.95. The molecule has 1 saturated heterocycles. The van der Waals surface area contributed by atoms with Gasteiger partial charge in [0.1, 0.15) is 18.2 Å². The van der Waals surface area contributed by atoms with E-state index in [0.717, 1.165) is 43.3 Å². The molecule has 1 fully saturated rings. The van der Waals surface area contributed by atoms with E-state index in [1.54, 1.807) is 7.11 Å². The smallest absolute Gasteiger partial charge is 0.248 e. The lowest BCUT2D eigenvalue weighted by atomic mass is 10.0. The number of amides is 1. The van der Waals surface area contributed by atoms with Crippen molar-refractivity contribution < 1.29 is 9.53 Å². The second-order valence-corrected chi connectivity index (χ2v) is 7.34. The standard InChI is InChI=1S/C22H30N4O2/c1-5-20-19(14-18-8-6-7-16(2)13-18)22(24-17(3)23-20)26-11-9-25(10-12-26)21(27)15-28-4/h6-8,13H,5,9-12,14-15H2,1-4H3. The Morgan fingerprint density at radius 2 is 1.89 bits per heavy atom. The third-order valence-electron chi connectivity index (χ3n) is 5.18. The minimum Gasteiger partial charge on any atom is -0.375 e. The summed E-state index contributed by atoms with van der Waals surface area (Å²) in [7, 11) is 1.56. The van der Waals surface area contributed by atoms with Crippen LogP contribution in [-0.2, 0) is 22.4 Å². The number of benzene rings is 1. The number of nitrogens with zero attached hydrogens (tertiary/aromatic N) is 4. The molecule has 1 aromatic carbocycles. The van der Waals surface area contributed by atoms with Gasteiger partial charge in [-0.3, -0.25) is 4.79 Å². The van der Waals surface area contributed by atoms with Crippen molar-refractivity contribution in [1.29, 1.82) is 0 Å². The predicted molar refractivity (Wildman–Crippen MR) is 111 cm³/mol. The lowest BCUT2D eigenvalue weighted by Crippen LogP contribution is -2.50. The van der Waals surface area contributed by atoms with Crippen molar-refractivity contribution in [2.75, 3.05) is 44.8 Å². The minimum absolute atomic E-state index is 0.0512. The summed E-state index contributed by atoms with van der Waals surface area (Å²) in [5.41, 5.74) is 4.85. The fourth-order valence-corrected chi connectivity index (χ4v) is 3.78. The minimum atomic E-state index is 0.0512. The molecular formula is C22H30N4O2. The highest BCUT2D eigenvalue weighted by atomic mass is 16.5. The van der Waals surface area contributed by atoms with Crippen molar-refractivity contribution in [2.45, 2.75) is 33.6 Å². The van der Waals surface area contributed by atoms with E-state index in [4.69, 9.17) is 14.7 Å². The van der Waals surface area contributed by atoms with Crippen molar-refractivity contribution in [3.8, 4) is 0 Å². The number of ether oxygens (including phenoxy) is 1. The fraction of sp³-hybridized carbons (Fsp3) is 0.500. The number of hydrogen-bond donors (Lipinski definition) is 0. The summed E-state index contributed by atoms with van der Waals surface area (Å²) in [5.74, 6) is 1.87. The Morgan fingerprint density at radius 3 is 2.54 bits per heavy atom. The molecule has 0 bridgehead atoms. The van der Waals surface area contributed by atoms with Crippen molar-refractivity contribution in [3.05, 3.63) is 52.5 Å². The average molecular weight is 383 g/mol. The summed E-state index contributed by atoms with van der Waals surface area (Å²) in [6.07, 6.45) is 1.70. The molecule has 0 atom stereocenters. The van der Waals surface area contributed by atoms with Crippen LogP contribution in [0.5, 0.6) is 0 Å². The largest absolute Gasteiger partial charge is 0.375 e. The average Bonchev–Trinajstić information content (AvgIpc) is 2.69. The lowest BCUT2D eigenvalue weighted by molar-refractivity contribution is -0.135. The van der Waals surface area contributed by atoms with Gasteiger partial charge in [0.05, 0.1) is 0 Å². The highest BCUT2D eigenvalue weighted by Gasteiger charge is 2.25. The summed E-state index contributed by atoms with van der Waals surface area (Å²) in [6.45, 7) is 9.29. The van der Waals surface area contributed by atoms with Crippen LogP contribution in [0.15, 0.2) is 24.3 Å². The van der Waals surface area contributed by atoms with Gasteiger partial charge in [-0.1, -0.05) is 36.8 Å². The number of aromatic nitrogens is 2. The number of piperazine rings is 1. The number of anilines is 1. The Kier molecular flexibility index (Phi) is 6.62. The van der Waals surface area contributed by atoms with Crippen molar-refractivity contribution in [1.82, 2.24) is 14.9 Å². The van der Waals surface area contributed by atoms with Gasteiger partial charge in [-0.2, -0.15) is 0 Å². The zero-order chi connectivity index (χ0) is 20.1.